The van der Waals surface area contributed by atoms with E-state index in [2.05, 4.69) is 75.0 Å². The minimum Gasteiger partial charge on any atom is -0.301 e. The van der Waals surface area contributed by atoms with Crippen LogP contribution in [0.5, 0.6) is 0 Å². The molecule has 0 aromatic heterocycles. The molecule has 4 saturated heterocycles. The van der Waals surface area contributed by atoms with Crippen molar-refractivity contribution in [2.45, 2.75) is 231 Å². The number of likely N-dealkylation sites (tertiary alicyclic amines) is 4. The second-order valence-corrected chi connectivity index (χ2v) is 18.3. The van der Waals surface area contributed by atoms with Gasteiger partial charge in [0.25, 0.3) is 0 Å². The zero-order valence-electron chi connectivity index (χ0n) is 38.4. The third kappa shape index (κ3) is 15.8. The van der Waals surface area contributed by atoms with E-state index in [0.717, 1.165) is 45.8 Å². The van der Waals surface area contributed by atoms with Gasteiger partial charge in [-0.25, -0.2) is 0 Å². The van der Waals surface area contributed by atoms with E-state index in [1.807, 2.05) is 55.4 Å². The molecule has 306 valence electrons. The molecule has 4 saturated carbocycles. The van der Waals surface area contributed by atoms with Crippen LogP contribution in [0.15, 0.2) is 0 Å². The fraction of sp³-hybridized carbons (Fsp3) is 1.00. The van der Waals surface area contributed by atoms with Crippen molar-refractivity contribution in [3.8, 4) is 0 Å². The van der Waals surface area contributed by atoms with Gasteiger partial charge in [0.05, 0.1) is 0 Å². The van der Waals surface area contributed by atoms with E-state index in [1.165, 1.54) is 149 Å². The molecule has 4 spiro atoms. The summed E-state index contributed by atoms with van der Waals surface area (Å²) in [5, 5.41) is 0. The number of nitrogens with zero attached hydrogens (tertiary/aromatic N) is 4. The molecule has 4 aliphatic carbocycles. The number of hydrogen-bond donors (Lipinski definition) is 0. The lowest BCUT2D eigenvalue weighted by molar-refractivity contribution is 0.128. The first-order valence-corrected chi connectivity index (χ1v) is 23.3. The van der Waals surface area contributed by atoms with Crippen molar-refractivity contribution in [2.75, 3.05) is 52.4 Å². The van der Waals surface area contributed by atoms with E-state index in [-0.39, 0.29) is 0 Å². The third-order valence-electron chi connectivity index (χ3n) is 13.7. The standard InChI is InChI=1S/3C10H19N.C9H17N.4C2H6/c1-9(2)11-7-5-10(3-4-10)6-8-11;1-9(2)11-7-3-4-10(8-11)5-6-10;1-9(2)11-7-6-10(8-11)4-3-5-10;1-8(2)10-6-5-9(7-10)3-4-9;4*1-2/h3*9H,3-8H2,1-2H3;8H,3-7H2,1-2H3;4*1-2H3. The van der Waals surface area contributed by atoms with E-state index in [0.29, 0.717) is 0 Å². The highest BCUT2D eigenvalue weighted by Crippen LogP contribution is 2.54. The predicted molar refractivity (Wildman–Crippen MR) is 231 cm³/mol. The number of hydrogen-bond acceptors (Lipinski definition) is 4. The summed E-state index contributed by atoms with van der Waals surface area (Å²) in [6.45, 7) is 45.5. The van der Waals surface area contributed by atoms with Gasteiger partial charge in [0.2, 0.25) is 0 Å². The van der Waals surface area contributed by atoms with Gasteiger partial charge in [-0.1, -0.05) is 61.8 Å². The van der Waals surface area contributed by atoms with Crippen molar-refractivity contribution in [1.29, 1.82) is 0 Å². The molecular weight excluding hydrogens is 621 g/mol. The minimum atomic E-state index is 0.770. The smallest absolute Gasteiger partial charge is 0.00412 e. The highest BCUT2D eigenvalue weighted by Gasteiger charge is 2.48. The Labute approximate surface area is 324 Å². The summed E-state index contributed by atoms with van der Waals surface area (Å²) in [6.07, 6.45) is 22.5. The van der Waals surface area contributed by atoms with Crippen molar-refractivity contribution in [3.63, 3.8) is 0 Å². The number of piperidine rings is 2. The van der Waals surface area contributed by atoms with Crippen molar-refractivity contribution < 1.29 is 0 Å². The van der Waals surface area contributed by atoms with Crippen LogP contribution in [0.4, 0.5) is 0 Å². The Kier molecular flexibility index (Phi) is 22.7. The molecule has 4 nitrogen and oxygen atoms in total. The van der Waals surface area contributed by atoms with Crippen LogP contribution in [0.1, 0.15) is 207 Å². The van der Waals surface area contributed by atoms with Gasteiger partial charge in [0, 0.05) is 43.8 Å². The average molecular weight is 719 g/mol. The van der Waals surface area contributed by atoms with Crippen molar-refractivity contribution in [2.24, 2.45) is 21.7 Å². The quantitative estimate of drug-likeness (QED) is 0.287. The Bertz CT molecular complexity index is 851. The van der Waals surface area contributed by atoms with E-state index < -0.39 is 0 Å². The highest BCUT2D eigenvalue weighted by atomic mass is 15.2. The molecule has 4 heteroatoms. The molecule has 0 aromatic rings. The van der Waals surface area contributed by atoms with Gasteiger partial charge in [-0.3, -0.25) is 0 Å². The summed E-state index contributed by atoms with van der Waals surface area (Å²) in [6, 6.07) is 3.09. The monoisotopic (exact) mass is 719 g/mol. The Hall–Kier alpha value is -0.160. The molecule has 8 fully saturated rings. The van der Waals surface area contributed by atoms with E-state index in [9.17, 15) is 0 Å². The summed E-state index contributed by atoms with van der Waals surface area (Å²) >= 11 is 0. The Morgan fingerprint density at radius 3 is 0.784 bits per heavy atom. The second-order valence-electron chi connectivity index (χ2n) is 18.3. The third-order valence-corrected chi connectivity index (χ3v) is 13.7. The van der Waals surface area contributed by atoms with Gasteiger partial charge < -0.3 is 19.6 Å². The Morgan fingerprint density at radius 2 is 0.529 bits per heavy atom. The summed E-state index contributed by atoms with van der Waals surface area (Å²) in [7, 11) is 0. The zero-order chi connectivity index (χ0) is 38.9. The zero-order valence-corrected chi connectivity index (χ0v) is 38.4. The molecule has 0 radical (unpaired) electrons. The summed E-state index contributed by atoms with van der Waals surface area (Å²) in [4.78, 5) is 10.5. The first-order valence-electron chi connectivity index (χ1n) is 23.3. The Morgan fingerprint density at radius 1 is 0.275 bits per heavy atom. The minimum absolute atomic E-state index is 0.770. The van der Waals surface area contributed by atoms with E-state index >= 15 is 0 Å². The summed E-state index contributed by atoms with van der Waals surface area (Å²) < 4.78 is 0. The SMILES string of the molecule is CC.CC.CC.CC.CC(C)N1CCC2(CC1)CC2.CC(C)N1CCC2(CC2)C1.CC(C)N1CCC2(CCC2)C1.CC(C)N1CCCC2(CC2)C1. The molecule has 4 aliphatic heterocycles. The molecule has 0 unspecified atom stereocenters. The Balaban J connectivity index is 0.000000319. The van der Waals surface area contributed by atoms with Crippen LogP contribution in [0, 0.1) is 21.7 Å². The van der Waals surface area contributed by atoms with E-state index in [4.69, 9.17) is 0 Å². The van der Waals surface area contributed by atoms with Crippen LogP contribution >= 0.6 is 0 Å². The lowest BCUT2D eigenvalue weighted by Crippen LogP contribution is -2.40. The van der Waals surface area contributed by atoms with Gasteiger partial charge in [-0.2, -0.15) is 0 Å². The maximum Gasteiger partial charge on any atom is 0.00412 e. The van der Waals surface area contributed by atoms with Crippen molar-refractivity contribution >= 4 is 0 Å². The van der Waals surface area contributed by atoms with Gasteiger partial charge in [-0.05, 0) is 200 Å². The molecule has 4 heterocycles. The molecule has 8 rings (SSSR count). The average Bonchev–Trinajstić information content (AvgIpc) is 4.10. The van der Waals surface area contributed by atoms with Crippen LogP contribution in [0.2, 0.25) is 0 Å². The molecule has 8 aliphatic rings. The van der Waals surface area contributed by atoms with Crippen LogP contribution < -0.4 is 0 Å². The van der Waals surface area contributed by atoms with Crippen LogP contribution in [0.25, 0.3) is 0 Å². The molecule has 0 amide bonds. The normalized spacial score (nSPS) is 25.6. The lowest BCUT2D eigenvalue weighted by atomic mass is 9.68. The lowest BCUT2D eigenvalue weighted by Gasteiger charge is -2.38. The summed E-state index contributed by atoms with van der Waals surface area (Å²) in [5.41, 5.74) is 3.28. The predicted octanol–water partition coefficient (Wildman–Crippen LogP) is 12.8. The molecule has 0 aromatic carbocycles. The van der Waals surface area contributed by atoms with Crippen LogP contribution in [-0.4, -0.2) is 96.1 Å². The van der Waals surface area contributed by atoms with Crippen LogP contribution in [0.3, 0.4) is 0 Å². The fourth-order valence-corrected chi connectivity index (χ4v) is 8.95. The maximum absolute atomic E-state index is 2.65. The van der Waals surface area contributed by atoms with Crippen LogP contribution in [-0.2, 0) is 0 Å². The maximum atomic E-state index is 2.65. The molecule has 51 heavy (non-hydrogen) atoms. The van der Waals surface area contributed by atoms with Crippen molar-refractivity contribution in [3.05, 3.63) is 0 Å². The van der Waals surface area contributed by atoms with Gasteiger partial charge in [-0.15, -0.1) is 0 Å². The summed E-state index contributed by atoms with van der Waals surface area (Å²) in [5.74, 6) is 0. The molecule has 0 atom stereocenters. The molecule has 0 bridgehead atoms. The highest BCUT2D eigenvalue weighted by molar-refractivity contribution is 5.01. The largest absolute Gasteiger partial charge is 0.301 e. The van der Waals surface area contributed by atoms with Crippen molar-refractivity contribution in [1.82, 2.24) is 19.6 Å². The first kappa shape index (κ1) is 48.9. The fourth-order valence-electron chi connectivity index (χ4n) is 8.95. The molecular formula is C47H98N4. The van der Waals surface area contributed by atoms with E-state index in [1.54, 1.807) is 0 Å². The number of rotatable bonds is 4. The van der Waals surface area contributed by atoms with Gasteiger partial charge >= 0.3 is 0 Å². The first-order chi connectivity index (χ1) is 24.4. The second kappa shape index (κ2) is 23.7. The topological polar surface area (TPSA) is 13.0 Å². The molecule has 0 N–H and O–H groups in total. The van der Waals surface area contributed by atoms with Gasteiger partial charge in [0.15, 0.2) is 0 Å². The van der Waals surface area contributed by atoms with Gasteiger partial charge in [0.1, 0.15) is 0 Å².